The highest BCUT2D eigenvalue weighted by molar-refractivity contribution is 6.05. The molecule has 6 heteroatoms. The monoisotopic (exact) mass is 365 g/mol. The van der Waals surface area contributed by atoms with E-state index in [-0.39, 0.29) is 29.6 Å². The van der Waals surface area contributed by atoms with E-state index in [1.165, 1.54) is 4.90 Å². The molecule has 0 N–H and O–H groups in total. The van der Waals surface area contributed by atoms with Gasteiger partial charge in [-0.3, -0.25) is 19.4 Å². The number of hydrogen-bond donors (Lipinski definition) is 0. The standard InChI is InChI=1S/C21H23N3O3/c25-20-15-7-1-2-8-16(15)21(26)24(20)13-23-11-5-6-14(12-23)19-22-17-9-3-4-10-18(17)27-19/h1-4,9-10,14-16H,5-8,11-13H2/t14-,15-,16-/m1/s1. The van der Waals surface area contributed by atoms with Crippen LogP contribution in [0.5, 0.6) is 0 Å². The molecule has 3 heterocycles. The normalized spacial score (nSPS) is 28.9. The van der Waals surface area contributed by atoms with Crippen LogP contribution >= 0.6 is 0 Å². The van der Waals surface area contributed by atoms with E-state index in [0.29, 0.717) is 19.5 Å². The fourth-order valence-corrected chi connectivity index (χ4v) is 4.66. The van der Waals surface area contributed by atoms with Crippen LogP contribution in [0.3, 0.4) is 0 Å². The molecular formula is C21H23N3O3. The number of carbonyl (C=O) groups is 2. The second-order valence-electron chi connectivity index (χ2n) is 7.84. The number of aromatic nitrogens is 1. The van der Waals surface area contributed by atoms with E-state index in [2.05, 4.69) is 9.88 Å². The van der Waals surface area contributed by atoms with E-state index in [9.17, 15) is 9.59 Å². The second kappa shape index (κ2) is 6.60. The highest BCUT2D eigenvalue weighted by Gasteiger charge is 2.47. The van der Waals surface area contributed by atoms with Gasteiger partial charge in [0.1, 0.15) is 5.52 Å². The zero-order chi connectivity index (χ0) is 18.4. The van der Waals surface area contributed by atoms with E-state index in [1.54, 1.807) is 0 Å². The van der Waals surface area contributed by atoms with Crippen LogP contribution < -0.4 is 0 Å². The highest BCUT2D eigenvalue weighted by Crippen LogP contribution is 2.36. The minimum absolute atomic E-state index is 0.00154. The summed E-state index contributed by atoms with van der Waals surface area (Å²) in [4.78, 5) is 33.7. The maximum Gasteiger partial charge on any atom is 0.234 e. The molecule has 2 amide bonds. The van der Waals surface area contributed by atoms with Crippen LogP contribution in [-0.4, -0.2) is 46.4 Å². The lowest BCUT2D eigenvalue weighted by Crippen LogP contribution is -2.45. The van der Waals surface area contributed by atoms with Crippen LogP contribution in [0, 0.1) is 11.8 Å². The lowest BCUT2D eigenvalue weighted by atomic mass is 9.85. The number of amides is 2. The maximum atomic E-state index is 12.7. The number of piperidine rings is 1. The van der Waals surface area contributed by atoms with Gasteiger partial charge in [-0.1, -0.05) is 24.3 Å². The van der Waals surface area contributed by atoms with E-state index < -0.39 is 0 Å². The third-order valence-electron chi connectivity index (χ3n) is 6.11. The molecule has 2 aromatic rings. The molecule has 1 aromatic carbocycles. The Bertz CT molecular complexity index is 859. The number of benzene rings is 1. The SMILES string of the molecule is O=C1[C@@H]2CC=CC[C@H]2C(=O)N1CN1CCC[C@@H](c2nc3ccccc3o2)C1. The molecule has 0 saturated carbocycles. The third-order valence-corrected chi connectivity index (χ3v) is 6.11. The Balaban J connectivity index is 1.30. The van der Waals surface area contributed by atoms with E-state index in [4.69, 9.17) is 4.42 Å². The van der Waals surface area contributed by atoms with Crippen LogP contribution in [-0.2, 0) is 9.59 Å². The molecule has 0 unspecified atom stereocenters. The highest BCUT2D eigenvalue weighted by atomic mass is 16.3. The number of hydrogen-bond acceptors (Lipinski definition) is 5. The summed E-state index contributed by atoms with van der Waals surface area (Å²) in [6, 6.07) is 7.80. The summed E-state index contributed by atoms with van der Waals surface area (Å²) >= 11 is 0. The van der Waals surface area contributed by atoms with Crippen LogP contribution in [0.2, 0.25) is 0 Å². The molecule has 3 atom stereocenters. The van der Waals surface area contributed by atoms with Crippen molar-refractivity contribution in [2.24, 2.45) is 11.8 Å². The molecule has 2 fully saturated rings. The Morgan fingerprint density at radius 3 is 2.56 bits per heavy atom. The Morgan fingerprint density at radius 2 is 1.81 bits per heavy atom. The molecule has 1 aromatic heterocycles. The van der Waals surface area contributed by atoms with E-state index >= 15 is 0 Å². The first-order valence-corrected chi connectivity index (χ1v) is 9.79. The van der Waals surface area contributed by atoms with Crippen LogP contribution in [0.4, 0.5) is 0 Å². The van der Waals surface area contributed by atoms with Gasteiger partial charge in [-0.2, -0.15) is 0 Å². The summed E-state index contributed by atoms with van der Waals surface area (Å²) in [6.07, 6.45) is 7.46. The smallest absolute Gasteiger partial charge is 0.234 e. The van der Waals surface area contributed by atoms with Crippen molar-refractivity contribution in [3.8, 4) is 0 Å². The van der Waals surface area contributed by atoms with Crippen molar-refractivity contribution >= 4 is 22.9 Å². The summed E-state index contributed by atoms with van der Waals surface area (Å²) in [6.45, 7) is 2.04. The fraction of sp³-hybridized carbons (Fsp3) is 0.476. The second-order valence-corrected chi connectivity index (χ2v) is 7.84. The number of likely N-dealkylation sites (tertiary alicyclic amines) is 2. The zero-order valence-corrected chi connectivity index (χ0v) is 15.2. The van der Waals surface area contributed by atoms with Crippen LogP contribution in [0.1, 0.15) is 37.5 Å². The molecule has 5 rings (SSSR count). The fourth-order valence-electron chi connectivity index (χ4n) is 4.66. The lowest BCUT2D eigenvalue weighted by molar-refractivity contribution is -0.142. The molecule has 27 heavy (non-hydrogen) atoms. The van der Waals surface area contributed by atoms with Gasteiger partial charge in [0.05, 0.1) is 18.5 Å². The summed E-state index contributed by atoms with van der Waals surface area (Å²) in [5, 5.41) is 0. The summed E-state index contributed by atoms with van der Waals surface area (Å²) in [5.74, 6) is 0.651. The predicted octanol–water partition coefficient (Wildman–Crippen LogP) is 2.92. The minimum atomic E-state index is -0.153. The number of fused-ring (bicyclic) bond motifs is 2. The molecule has 6 nitrogen and oxygen atoms in total. The van der Waals surface area contributed by atoms with Crippen molar-refractivity contribution in [1.82, 2.24) is 14.8 Å². The first-order valence-electron chi connectivity index (χ1n) is 9.79. The number of rotatable bonds is 3. The van der Waals surface area contributed by atoms with Gasteiger partial charge in [-0.15, -0.1) is 0 Å². The van der Waals surface area contributed by atoms with Gasteiger partial charge in [0, 0.05) is 12.5 Å². The average molecular weight is 365 g/mol. The Morgan fingerprint density at radius 1 is 1.07 bits per heavy atom. The van der Waals surface area contributed by atoms with Crippen molar-refractivity contribution in [2.45, 2.75) is 31.6 Å². The molecule has 2 aliphatic heterocycles. The minimum Gasteiger partial charge on any atom is -0.440 e. The van der Waals surface area contributed by atoms with Crippen molar-refractivity contribution in [3.05, 3.63) is 42.3 Å². The van der Waals surface area contributed by atoms with E-state index in [1.807, 2.05) is 36.4 Å². The first kappa shape index (κ1) is 16.7. The lowest BCUT2D eigenvalue weighted by Gasteiger charge is -2.33. The summed E-state index contributed by atoms with van der Waals surface area (Å²) in [7, 11) is 0. The molecular weight excluding hydrogens is 342 g/mol. The van der Waals surface area contributed by atoms with Gasteiger partial charge < -0.3 is 4.42 Å². The topological polar surface area (TPSA) is 66.7 Å². The number of oxazole rings is 1. The first-order chi connectivity index (χ1) is 13.2. The van der Waals surface area contributed by atoms with Gasteiger partial charge in [0.2, 0.25) is 11.8 Å². The van der Waals surface area contributed by atoms with Crippen LogP contribution in [0.25, 0.3) is 11.1 Å². The zero-order valence-electron chi connectivity index (χ0n) is 15.2. The van der Waals surface area contributed by atoms with E-state index in [0.717, 1.165) is 42.9 Å². The van der Waals surface area contributed by atoms with Crippen molar-refractivity contribution in [1.29, 1.82) is 0 Å². The van der Waals surface area contributed by atoms with Crippen molar-refractivity contribution in [3.63, 3.8) is 0 Å². The van der Waals surface area contributed by atoms with Crippen molar-refractivity contribution < 1.29 is 14.0 Å². The summed E-state index contributed by atoms with van der Waals surface area (Å²) in [5.41, 5.74) is 1.69. The Kier molecular flexibility index (Phi) is 4.08. The molecule has 0 bridgehead atoms. The quantitative estimate of drug-likeness (QED) is 0.618. The third kappa shape index (κ3) is 2.88. The molecule has 0 spiro atoms. The molecule has 140 valence electrons. The van der Waals surface area contributed by atoms with Crippen LogP contribution in [0.15, 0.2) is 40.8 Å². The molecule has 3 aliphatic rings. The van der Waals surface area contributed by atoms with Gasteiger partial charge in [0.15, 0.2) is 11.5 Å². The van der Waals surface area contributed by atoms with Gasteiger partial charge in [-0.25, -0.2) is 4.98 Å². The molecule has 0 radical (unpaired) electrons. The maximum absolute atomic E-state index is 12.7. The summed E-state index contributed by atoms with van der Waals surface area (Å²) < 4.78 is 5.95. The number of imide groups is 1. The van der Waals surface area contributed by atoms with Gasteiger partial charge in [-0.05, 0) is 44.4 Å². The van der Waals surface area contributed by atoms with Gasteiger partial charge >= 0.3 is 0 Å². The predicted molar refractivity (Wildman–Crippen MR) is 99.6 cm³/mol. The number of carbonyl (C=O) groups excluding carboxylic acids is 2. The molecule has 1 aliphatic carbocycles. The number of allylic oxidation sites excluding steroid dienone is 2. The molecule has 2 saturated heterocycles. The Hall–Kier alpha value is -2.47. The number of nitrogens with zero attached hydrogens (tertiary/aromatic N) is 3. The van der Waals surface area contributed by atoms with Gasteiger partial charge in [0.25, 0.3) is 0 Å². The largest absolute Gasteiger partial charge is 0.440 e. The Labute approximate surface area is 157 Å². The van der Waals surface area contributed by atoms with Crippen molar-refractivity contribution in [2.75, 3.05) is 19.8 Å². The number of para-hydroxylation sites is 2. The average Bonchev–Trinajstić information content (AvgIpc) is 3.24.